The Labute approximate surface area is 110 Å². The molecule has 0 bridgehead atoms. The van der Waals surface area contributed by atoms with Gasteiger partial charge in [0, 0.05) is 12.4 Å². The molecule has 0 N–H and O–H groups in total. The van der Waals surface area contributed by atoms with Crippen molar-refractivity contribution < 1.29 is 26.3 Å². The number of alkyl halides is 7. The van der Waals surface area contributed by atoms with Crippen molar-refractivity contribution >= 4 is 17.4 Å². The number of halogens is 7. The van der Waals surface area contributed by atoms with Crippen LogP contribution in [0.25, 0.3) is 0 Å². The van der Waals surface area contributed by atoms with Gasteiger partial charge in [0.25, 0.3) is 0 Å². The SMILES string of the molecule is FC(F)(F)CN(CCCl)c1cccc(C(F)(F)F)n1. The van der Waals surface area contributed by atoms with Crippen molar-refractivity contribution in [1.82, 2.24) is 4.98 Å². The molecule has 0 fully saturated rings. The zero-order valence-electron chi connectivity index (χ0n) is 9.39. The lowest BCUT2D eigenvalue weighted by Gasteiger charge is -2.24. The Bertz CT molecular complexity index is 417. The number of nitrogens with zero attached hydrogens (tertiary/aromatic N) is 2. The average Bonchev–Trinajstić information content (AvgIpc) is 2.26. The van der Waals surface area contributed by atoms with E-state index in [9.17, 15) is 26.3 Å². The van der Waals surface area contributed by atoms with Gasteiger partial charge in [0.05, 0.1) is 0 Å². The first-order valence-corrected chi connectivity index (χ1v) is 5.59. The number of aromatic nitrogens is 1. The molecule has 1 aromatic heterocycles. The normalized spacial score (nSPS) is 12.6. The first-order chi connectivity index (χ1) is 8.63. The monoisotopic (exact) mass is 306 g/mol. The Morgan fingerprint density at radius 2 is 1.74 bits per heavy atom. The summed E-state index contributed by atoms with van der Waals surface area (Å²) in [6.07, 6.45) is -9.26. The molecule has 0 aliphatic carbocycles. The highest BCUT2D eigenvalue weighted by Gasteiger charge is 2.34. The molecule has 0 saturated heterocycles. The van der Waals surface area contributed by atoms with Crippen LogP contribution in [0.1, 0.15) is 5.69 Å². The molecule has 0 unspecified atom stereocenters. The molecule has 0 aliphatic heterocycles. The van der Waals surface area contributed by atoms with E-state index < -0.39 is 30.4 Å². The summed E-state index contributed by atoms with van der Waals surface area (Å²) in [5, 5.41) is 0. The molecule has 1 rings (SSSR count). The fraction of sp³-hybridized carbons (Fsp3) is 0.500. The van der Waals surface area contributed by atoms with Gasteiger partial charge in [0.15, 0.2) is 0 Å². The third kappa shape index (κ3) is 5.14. The topological polar surface area (TPSA) is 16.1 Å². The van der Waals surface area contributed by atoms with E-state index in [4.69, 9.17) is 11.6 Å². The van der Waals surface area contributed by atoms with Crippen molar-refractivity contribution in [2.24, 2.45) is 0 Å². The molecular weight excluding hydrogens is 298 g/mol. The van der Waals surface area contributed by atoms with E-state index >= 15 is 0 Å². The third-order valence-electron chi connectivity index (χ3n) is 2.07. The van der Waals surface area contributed by atoms with Crippen LogP contribution in [-0.4, -0.2) is 30.1 Å². The summed E-state index contributed by atoms with van der Waals surface area (Å²) >= 11 is 5.35. The maximum absolute atomic E-state index is 12.4. The van der Waals surface area contributed by atoms with Gasteiger partial charge in [0.1, 0.15) is 18.1 Å². The van der Waals surface area contributed by atoms with Crippen LogP contribution in [0, 0.1) is 0 Å². The highest BCUT2D eigenvalue weighted by atomic mass is 35.5. The lowest BCUT2D eigenvalue weighted by Crippen LogP contribution is -2.36. The predicted molar refractivity (Wildman–Crippen MR) is 58.2 cm³/mol. The second-order valence-corrected chi connectivity index (χ2v) is 3.98. The summed E-state index contributed by atoms with van der Waals surface area (Å²) in [4.78, 5) is 3.84. The molecule has 1 heterocycles. The van der Waals surface area contributed by atoms with E-state index in [0.29, 0.717) is 11.0 Å². The number of hydrogen-bond acceptors (Lipinski definition) is 2. The Balaban J connectivity index is 3.03. The van der Waals surface area contributed by atoms with Crippen molar-refractivity contribution in [1.29, 1.82) is 0 Å². The zero-order chi connectivity index (χ0) is 14.7. The van der Waals surface area contributed by atoms with E-state index in [-0.39, 0.29) is 12.4 Å². The van der Waals surface area contributed by atoms with Crippen molar-refractivity contribution in [2.75, 3.05) is 23.9 Å². The smallest absolute Gasteiger partial charge is 0.346 e. The van der Waals surface area contributed by atoms with Crippen molar-refractivity contribution in [3.8, 4) is 0 Å². The van der Waals surface area contributed by atoms with Crippen molar-refractivity contribution in [3.63, 3.8) is 0 Å². The second kappa shape index (κ2) is 5.85. The predicted octanol–water partition coefficient (Wildman–Crippen LogP) is 3.71. The summed E-state index contributed by atoms with van der Waals surface area (Å²) in [6, 6.07) is 2.77. The van der Waals surface area contributed by atoms with Gasteiger partial charge in [-0.2, -0.15) is 26.3 Å². The molecule has 0 aromatic carbocycles. The van der Waals surface area contributed by atoms with Crippen LogP contribution < -0.4 is 4.90 Å². The average molecular weight is 307 g/mol. The van der Waals surface area contributed by atoms with Gasteiger partial charge in [0.2, 0.25) is 0 Å². The fourth-order valence-electron chi connectivity index (χ4n) is 1.35. The highest BCUT2D eigenvalue weighted by molar-refractivity contribution is 6.18. The maximum atomic E-state index is 12.4. The molecule has 0 aliphatic rings. The van der Waals surface area contributed by atoms with Crippen LogP contribution in [0.3, 0.4) is 0 Å². The summed E-state index contributed by atoms with van der Waals surface area (Å²) in [5.41, 5.74) is -1.24. The third-order valence-corrected chi connectivity index (χ3v) is 2.24. The number of pyridine rings is 1. The first-order valence-electron chi connectivity index (χ1n) is 5.05. The molecule has 9 heteroatoms. The summed E-state index contributed by atoms with van der Waals surface area (Å²) < 4.78 is 74.2. The standard InChI is InChI=1S/C10H9ClF6N2/c11-4-5-19(6-9(12,13)14)8-3-1-2-7(18-8)10(15,16)17/h1-3H,4-6H2. The summed E-state index contributed by atoms with van der Waals surface area (Å²) in [7, 11) is 0. The second-order valence-electron chi connectivity index (χ2n) is 3.60. The Morgan fingerprint density at radius 3 is 2.21 bits per heavy atom. The minimum atomic E-state index is -4.71. The molecule has 2 nitrogen and oxygen atoms in total. The van der Waals surface area contributed by atoms with Crippen LogP contribution in [0.2, 0.25) is 0 Å². The largest absolute Gasteiger partial charge is 0.433 e. The van der Waals surface area contributed by atoms with Gasteiger partial charge in [-0.25, -0.2) is 4.98 Å². The van der Waals surface area contributed by atoms with Crippen molar-refractivity contribution in [3.05, 3.63) is 23.9 Å². The molecule has 19 heavy (non-hydrogen) atoms. The van der Waals surface area contributed by atoms with Gasteiger partial charge < -0.3 is 4.90 Å². The number of hydrogen-bond donors (Lipinski definition) is 0. The van der Waals surface area contributed by atoms with E-state index in [1.165, 1.54) is 0 Å². The molecule has 0 amide bonds. The number of rotatable bonds is 4. The fourth-order valence-corrected chi connectivity index (χ4v) is 1.55. The molecule has 0 saturated carbocycles. The molecule has 0 spiro atoms. The van der Waals surface area contributed by atoms with E-state index in [0.717, 1.165) is 12.1 Å². The van der Waals surface area contributed by atoms with E-state index in [1.54, 1.807) is 0 Å². The van der Waals surface area contributed by atoms with Gasteiger partial charge in [-0.05, 0) is 12.1 Å². The van der Waals surface area contributed by atoms with Gasteiger partial charge in [-0.15, -0.1) is 11.6 Å². The zero-order valence-corrected chi connectivity index (χ0v) is 10.1. The Kier molecular flexibility index (Phi) is 4.89. The van der Waals surface area contributed by atoms with Gasteiger partial charge in [-0.3, -0.25) is 0 Å². The first kappa shape index (κ1) is 15.9. The van der Waals surface area contributed by atoms with Crippen LogP contribution in [-0.2, 0) is 6.18 Å². The van der Waals surface area contributed by atoms with E-state index in [2.05, 4.69) is 4.98 Å². The Morgan fingerprint density at radius 1 is 1.11 bits per heavy atom. The summed E-state index contributed by atoms with van der Waals surface area (Å²) in [6.45, 7) is -1.66. The number of anilines is 1. The maximum Gasteiger partial charge on any atom is 0.433 e. The summed E-state index contributed by atoms with van der Waals surface area (Å²) in [5.74, 6) is -0.568. The lowest BCUT2D eigenvalue weighted by molar-refractivity contribution is -0.141. The Hall–Kier alpha value is -1.18. The molecular formula is C10H9ClF6N2. The van der Waals surface area contributed by atoms with Crippen LogP contribution >= 0.6 is 11.6 Å². The molecule has 0 atom stereocenters. The molecule has 108 valence electrons. The van der Waals surface area contributed by atoms with Crippen LogP contribution in [0.4, 0.5) is 32.2 Å². The minimum Gasteiger partial charge on any atom is -0.346 e. The van der Waals surface area contributed by atoms with Crippen LogP contribution in [0.5, 0.6) is 0 Å². The van der Waals surface area contributed by atoms with E-state index in [1.807, 2.05) is 0 Å². The highest BCUT2D eigenvalue weighted by Crippen LogP contribution is 2.29. The molecule has 0 radical (unpaired) electrons. The van der Waals surface area contributed by atoms with Gasteiger partial charge in [-0.1, -0.05) is 6.07 Å². The quantitative estimate of drug-likeness (QED) is 0.623. The van der Waals surface area contributed by atoms with Crippen LogP contribution in [0.15, 0.2) is 18.2 Å². The molecule has 1 aromatic rings. The minimum absolute atomic E-state index is 0.159. The van der Waals surface area contributed by atoms with Crippen molar-refractivity contribution in [2.45, 2.75) is 12.4 Å². The lowest BCUT2D eigenvalue weighted by atomic mass is 10.3. The van der Waals surface area contributed by atoms with Gasteiger partial charge >= 0.3 is 12.4 Å².